The first-order valence-electron chi connectivity index (χ1n) is 7.16. The Morgan fingerprint density at radius 2 is 2.17 bits per heavy atom. The number of methoxy groups -OCH3 is 1. The highest BCUT2D eigenvalue weighted by Crippen LogP contribution is 2.34. The van der Waals surface area contributed by atoms with Gasteiger partial charge < -0.3 is 4.74 Å². The van der Waals surface area contributed by atoms with Crippen molar-refractivity contribution in [3.05, 3.63) is 59.0 Å². The van der Waals surface area contributed by atoms with Gasteiger partial charge in [-0.2, -0.15) is 4.99 Å². The molecule has 0 aliphatic carbocycles. The van der Waals surface area contributed by atoms with Crippen LogP contribution in [0.4, 0.5) is 5.13 Å². The van der Waals surface area contributed by atoms with Gasteiger partial charge in [-0.15, -0.1) is 17.9 Å². The van der Waals surface area contributed by atoms with E-state index >= 15 is 0 Å². The lowest BCUT2D eigenvalue weighted by atomic mass is 10.2. The molecule has 1 aliphatic heterocycles. The number of amidine groups is 1. The van der Waals surface area contributed by atoms with Crippen molar-refractivity contribution in [2.24, 2.45) is 4.99 Å². The topological polar surface area (TPSA) is 54.8 Å². The predicted molar refractivity (Wildman–Crippen MR) is 99.7 cm³/mol. The van der Waals surface area contributed by atoms with E-state index in [1.165, 1.54) is 23.1 Å². The third-order valence-corrected chi connectivity index (χ3v) is 4.90. The van der Waals surface area contributed by atoms with Crippen LogP contribution in [0.2, 0.25) is 0 Å². The maximum absolute atomic E-state index is 12.6. The molecule has 1 aromatic carbocycles. The van der Waals surface area contributed by atoms with Gasteiger partial charge in [0.25, 0.3) is 5.91 Å². The number of carbonyl (C=O) groups is 1. The highest BCUT2D eigenvalue weighted by molar-refractivity contribution is 8.18. The molecule has 0 saturated carbocycles. The maximum atomic E-state index is 12.6. The summed E-state index contributed by atoms with van der Waals surface area (Å²) in [5.41, 5.74) is 0.931. The van der Waals surface area contributed by atoms with E-state index in [9.17, 15) is 4.79 Å². The molecule has 3 rings (SSSR count). The molecular weight excluding hydrogens is 342 g/mol. The van der Waals surface area contributed by atoms with Crippen LogP contribution in [0.25, 0.3) is 6.08 Å². The Morgan fingerprint density at radius 1 is 1.38 bits per heavy atom. The summed E-state index contributed by atoms with van der Waals surface area (Å²) >= 11 is 2.78. The number of ether oxygens (including phenoxy) is 1. The quantitative estimate of drug-likeness (QED) is 0.601. The van der Waals surface area contributed by atoms with Gasteiger partial charge >= 0.3 is 0 Å². The Balaban J connectivity index is 1.90. The molecule has 0 atom stereocenters. The third kappa shape index (κ3) is 3.58. The summed E-state index contributed by atoms with van der Waals surface area (Å²) in [5.74, 6) is 0.702. The first-order chi connectivity index (χ1) is 11.7. The number of amides is 1. The normalized spacial score (nSPS) is 17.7. The van der Waals surface area contributed by atoms with Crippen LogP contribution in [0.1, 0.15) is 5.56 Å². The minimum absolute atomic E-state index is 0.0778. The van der Waals surface area contributed by atoms with Crippen molar-refractivity contribution in [2.45, 2.75) is 0 Å². The molecule has 1 fully saturated rings. The fraction of sp³-hybridized carbons (Fsp3) is 0.118. The average Bonchev–Trinajstić information content (AvgIpc) is 3.20. The number of aliphatic imine (C=N–C) groups is 1. The molecule has 0 radical (unpaired) electrons. The Labute approximate surface area is 148 Å². The predicted octanol–water partition coefficient (Wildman–Crippen LogP) is 3.94. The molecule has 0 bridgehead atoms. The molecule has 0 N–H and O–H groups in total. The fourth-order valence-electron chi connectivity index (χ4n) is 2.09. The lowest BCUT2D eigenvalue weighted by Crippen LogP contribution is -2.29. The molecule has 0 unspecified atom stereocenters. The van der Waals surface area contributed by atoms with Gasteiger partial charge in [-0.3, -0.25) is 9.69 Å². The fourth-order valence-corrected chi connectivity index (χ4v) is 3.64. The van der Waals surface area contributed by atoms with Crippen molar-refractivity contribution in [3.8, 4) is 5.75 Å². The molecule has 2 heterocycles. The summed E-state index contributed by atoms with van der Waals surface area (Å²) in [6.45, 7) is 4.13. The number of rotatable bonds is 5. The van der Waals surface area contributed by atoms with E-state index in [4.69, 9.17) is 4.74 Å². The Hall–Kier alpha value is -2.38. The highest BCUT2D eigenvalue weighted by Gasteiger charge is 2.32. The average molecular weight is 357 g/mol. The Bertz CT molecular complexity index is 796. The molecule has 1 aliphatic rings. The van der Waals surface area contributed by atoms with Gasteiger partial charge in [0.15, 0.2) is 5.17 Å². The summed E-state index contributed by atoms with van der Waals surface area (Å²) in [5, 5.41) is 3.10. The van der Waals surface area contributed by atoms with E-state index in [1.807, 2.05) is 35.7 Å². The van der Waals surface area contributed by atoms with Crippen molar-refractivity contribution in [3.63, 3.8) is 0 Å². The van der Waals surface area contributed by atoms with Crippen LogP contribution in [-0.4, -0.2) is 34.6 Å². The summed E-state index contributed by atoms with van der Waals surface area (Å²) in [4.78, 5) is 23.5. The van der Waals surface area contributed by atoms with Crippen LogP contribution >= 0.6 is 23.1 Å². The maximum Gasteiger partial charge on any atom is 0.267 e. The van der Waals surface area contributed by atoms with E-state index in [1.54, 1.807) is 24.3 Å². The van der Waals surface area contributed by atoms with Crippen LogP contribution in [0, 0.1) is 0 Å². The molecule has 2 aromatic rings. The van der Waals surface area contributed by atoms with Crippen LogP contribution in [-0.2, 0) is 4.79 Å². The standard InChI is InChI=1S/C17H15N3O2S2/c1-3-9-20-15(21)14(11-12-4-6-13(22-2)7-5-12)24-17(20)19-16-18-8-10-23-16/h3-8,10-11H,1,9H2,2H3/b14-11-,19-17?. The van der Waals surface area contributed by atoms with Crippen LogP contribution in [0.15, 0.2) is 58.4 Å². The van der Waals surface area contributed by atoms with Gasteiger partial charge in [-0.05, 0) is 35.5 Å². The molecule has 1 aromatic heterocycles. The first kappa shape index (κ1) is 16.5. The van der Waals surface area contributed by atoms with E-state index in [-0.39, 0.29) is 5.91 Å². The lowest BCUT2D eigenvalue weighted by molar-refractivity contribution is -0.121. The third-order valence-electron chi connectivity index (χ3n) is 3.22. The zero-order valence-corrected chi connectivity index (χ0v) is 14.6. The largest absolute Gasteiger partial charge is 0.497 e. The van der Waals surface area contributed by atoms with Crippen molar-refractivity contribution in [2.75, 3.05) is 13.7 Å². The van der Waals surface area contributed by atoms with Crippen LogP contribution in [0.5, 0.6) is 5.75 Å². The second-order valence-electron chi connectivity index (χ2n) is 4.80. The van der Waals surface area contributed by atoms with Gasteiger partial charge in [0, 0.05) is 18.1 Å². The van der Waals surface area contributed by atoms with Crippen molar-refractivity contribution in [1.82, 2.24) is 9.88 Å². The molecule has 7 heteroatoms. The zero-order valence-electron chi connectivity index (χ0n) is 13.0. The monoisotopic (exact) mass is 357 g/mol. The van der Waals surface area contributed by atoms with Gasteiger partial charge in [-0.1, -0.05) is 18.2 Å². The minimum Gasteiger partial charge on any atom is -0.497 e. The number of hydrogen-bond acceptors (Lipinski definition) is 6. The van der Waals surface area contributed by atoms with Gasteiger partial charge in [0.05, 0.1) is 12.0 Å². The van der Waals surface area contributed by atoms with Crippen molar-refractivity contribution < 1.29 is 9.53 Å². The zero-order chi connectivity index (χ0) is 16.9. The molecule has 1 saturated heterocycles. The number of carbonyl (C=O) groups excluding carboxylic acids is 1. The summed E-state index contributed by atoms with van der Waals surface area (Å²) in [6, 6.07) is 7.55. The van der Waals surface area contributed by atoms with Gasteiger partial charge in [0.1, 0.15) is 5.75 Å². The molecule has 122 valence electrons. The first-order valence-corrected chi connectivity index (χ1v) is 8.85. The summed E-state index contributed by atoms with van der Waals surface area (Å²) < 4.78 is 5.15. The van der Waals surface area contributed by atoms with Crippen LogP contribution < -0.4 is 4.74 Å². The number of thioether (sulfide) groups is 1. The van der Waals surface area contributed by atoms with Crippen molar-refractivity contribution in [1.29, 1.82) is 0 Å². The summed E-state index contributed by atoms with van der Waals surface area (Å²) in [6.07, 6.45) is 5.23. The smallest absolute Gasteiger partial charge is 0.267 e. The molecule has 5 nitrogen and oxygen atoms in total. The van der Waals surface area contributed by atoms with Crippen molar-refractivity contribution >= 4 is 45.4 Å². The Morgan fingerprint density at radius 3 is 2.79 bits per heavy atom. The molecule has 24 heavy (non-hydrogen) atoms. The Kier molecular flexibility index (Phi) is 5.12. The lowest BCUT2D eigenvalue weighted by Gasteiger charge is -2.11. The SMILES string of the molecule is C=CCN1C(=O)/C(=C/c2ccc(OC)cc2)SC1=Nc1nccs1. The van der Waals surface area contributed by atoms with Gasteiger partial charge in [-0.25, -0.2) is 4.98 Å². The molecule has 1 amide bonds. The second kappa shape index (κ2) is 7.46. The van der Waals surface area contributed by atoms with E-state index in [0.717, 1.165) is 11.3 Å². The highest BCUT2D eigenvalue weighted by atomic mass is 32.2. The van der Waals surface area contributed by atoms with Gasteiger partial charge in [0.2, 0.25) is 5.13 Å². The number of aromatic nitrogens is 1. The second-order valence-corrected chi connectivity index (χ2v) is 6.68. The number of benzene rings is 1. The van der Waals surface area contributed by atoms with E-state index < -0.39 is 0 Å². The van der Waals surface area contributed by atoms with E-state index in [2.05, 4.69) is 16.6 Å². The molecular formula is C17H15N3O2S2. The summed E-state index contributed by atoms with van der Waals surface area (Å²) in [7, 11) is 1.62. The van der Waals surface area contributed by atoms with Crippen LogP contribution in [0.3, 0.4) is 0 Å². The minimum atomic E-state index is -0.0778. The number of hydrogen-bond donors (Lipinski definition) is 0. The number of nitrogens with zero attached hydrogens (tertiary/aromatic N) is 3. The molecule has 0 spiro atoms. The number of thiazole rings is 1. The van der Waals surface area contributed by atoms with E-state index in [0.29, 0.717) is 21.7 Å².